The van der Waals surface area contributed by atoms with Gasteiger partial charge >= 0.3 is 5.97 Å². The molecule has 4 N–H and O–H groups in total. The summed E-state index contributed by atoms with van der Waals surface area (Å²) in [5.41, 5.74) is 2.74. The lowest BCUT2D eigenvalue weighted by Crippen LogP contribution is -2.29. The van der Waals surface area contributed by atoms with Gasteiger partial charge in [-0.15, -0.1) is 0 Å². The fourth-order valence-corrected chi connectivity index (χ4v) is 1.12. The first-order chi connectivity index (χ1) is 8.59. The number of carbonyl (C=O) groups is 1. The minimum Gasteiger partial charge on any atom is -0.477 e. The van der Waals surface area contributed by atoms with Crippen molar-refractivity contribution in [3.05, 3.63) is 42.6 Å². The molecule has 18 heavy (non-hydrogen) atoms. The summed E-state index contributed by atoms with van der Waals surface area (Å²) in [6.07, 6.45) is -0.765. The predicted octanol–water partition coefficient (Wildman–Crippen LogP) is 0.579. The summed E-state index contributed by atoms with van der Waals surface area (Å²) in [5, 5.41) is 21.0. The van der Waals surface area contributed by atoms with Crippen molar-refractivity contribution < 1.29 is 19.8 Å². The fraction of sp³-hybridized carbons (Fsp3) is 0.250. The quantitative estimate of drug-likeness (QED) is 0.399. The minimum atomic E-state index is -1.20. The Morgan fingerprint density at radius 3 is 2.67 bits per heavy atom. The zero-order valence-electron chi connectivity index (χ0n) is 9.80. The SMILES string of the molecule is C=C(NOCC(O)CNc1ccccc1)C(=O)O. The molecule has 0 radical (unpaired) electrons. The van der Waals surface area contributed by atoms with E-state index in [0.717, 1.165) is 5.69 Å². The first-order valence-corrected chi connectivity index (χ1v) is 5.36. The van der Waals surface area contributed by atoms with Gasteiger partial charge in [0, 0.05) is 12.2 Å². The molecule has 0 spiro atoms. The molecule has 1 atom stereocenters. The number of nitrogens with one attached hydrogen (secondary N) is 2. The molecule has 1 rings (SSSR count). The van der Waals surface area contributed by atoms with E-state index in [1.807, 2.05) is 30.3 Å². The molecule has 0 amide bonds. The van der Waals surface area contributed by atoms with Crippen LogP contribution in [0.1, 0.15) is 0 Å². The van der Waals surface area contributed by atoms with E-state index in [0.29, 0.717) is 6.54 Å². The highest BCUT2D eigenvalue weighted by Crippen LogP contribution is 2.04. The Balaban J connectivity index is 2.16. The summed E-state index contributed by atoms with van der Waals surface area (Å²) in [6, 6.07) is 9.40. The van der Waals surface area contributed by atoms with Crippen molar-refractivity contribution in [2.75, 3.05) is 18.5 Å². The maximum absolute atomic E-state index is 10.4. The summed E-state index contributed by atoms with van der Waals surface area (Å²) in [4.78, 5) is 15.2. The minimum absolute atomic E-state index is 0.0495. The molecule has 98 valence electrons. The third-order valence-corrected chi connectivity index (χ3v) is 2.04. The van der Waals surface area contributed by atoms with Crippen molar-refractivity contribution in [3.8, 4) is 0 Å². The number of aliphatic carboxylic acids is 1. The van der Waals surface area contributed by atoms with Gasteiger partial charge in [-0.3, -0.25) is 10.3 Å². The molecule has 1 unspecified atom stereocenters. The van der Waals surface area contributed by atoms with E-state index >= 15 is 0 Å². The molecule has 0 fully saturated rings. The zero-order chi connectivity index (χ0) is 13.4. The number of benzene rings is 1. The van der Waals surface area contributed by atoms with Gasteiger partial charge < -0.3 is 15.5 Å². The molecule has 1 aromatic carbocycles. The standard InChI is InChI=1S/C12H16N2O4/c1-9(12(16)17)14-18-8-11(15)7-13-10-5-3-2-4-6-10/h2-6,11,13-15H,1,7-8H2,(H,16,17). The maximum atomic E-state index is 10.4. The fourth-order valence-electron chi connectivity index (χ4n) is 1.12. The Labute approximate surface area is 105 Å². The van der Waals surface area contributed by atoms with Crippen LogP contribution < -0.4 is 10.8 Å². The number of rotatable bonds is 8. The lowest BCUT2D eigenvalue weighted by Gasteiger charge is -2.13. The van der Waals surface area contributed by atoms with Gasteiger partial charge in [0.1, 0.15) is 12.3 Å². The van der Waals surface area contributed by atoms with Gasteiger partial charge in [-0.05, 0) is 12.1 Å². The van der Waals surface area contributed by atoms with Gasteiger partial charge in [-0.2, -0.15) is 0 Å². The predicted molar refractivity (Wildman–Crippen MR) is 66.8 cm³/mol. The largest absolute Gasteiger partial charge is 0.477 e. The van der Waals surface area contributed by atoms with E-state index in [2.05, 4.69) is 17.4 Å². The normalized spacial score (nSPS) is 11.6. The Hall–Kier alpha value is -2.05. The van der Waals surface area contributed by atoms with Gasteiger partial charge in [0.05, 0.1) is 6.10 Å². The third kappa shape index (κ3) is 5.33. The van der Waals surface area contributed by atoms with Crippen LogP contribution in [-0.2, 0) is 9.63 Å². The van der Waals surface area contributed by atoms with E-state index in [4.69, 9.17) is 9.94 Å². The van der Waals surface area contributed by atoms with E-state index in [-0.39, 0.29) is 12.3 Å². The summed E-state index contributed by atoms with van der Waals surface area (Å²) in [7, 11) is 0. The van der Waals surface area contributed by atoms with Gasteiger partial charge in [0.15, 0.2) is 0 Å². The van der Waals surface area contributed by atoms with Crippen molar-refractivity contribution in [1.29, 1.82) is 0 Å². The Bertz CT molecular complexity index is 394. The van der Waals surface area contributed by atoms with Crippen molar-refractivity contribution >= 4 is 11.7 Å². The second-order valence-corrected chi connectivity index (χ2v) is 3.60. The van der Waals surface area contributed by atoms with Crippen LogP contribution in [0, 0.1) is 0 Å². The number of anilines is 1. The Morgan fingerprint density at radius 1 is 1.39 bits per heavy atom. The molecule has 0 bridgehead atoms. The first kappa shape index (κ1) is 14.0. The number of aliphatic hydroxyl groups is 1. The Kier molecular flexibility index (Phi) is 5.69. The van der Waals surface area contributed by atoms with Crippen molar-refractivity contribution in [3.63, 3.8) is 0 Å². The van der Waals surface area contributed by atoms with Gasteiger partial charge in [-0.1, -0.05) is 24.8 Å². The monoisotopic (exact) mass is 252 g/mol. The molecule has 0 heterocycles. The molecular weight excluding hydrogens is 236 g/mol. The number of para-hydroxylation sites is 1. The van der Waals surface area contributed by atoms with Crippen LogP contribution >= 0.6 is 0 Å². The van der Waals surface area contributed by atoms with Crippen LogP contribution in [0.5, 0.6) is 0 Å². The van der Waals surface area contributed by atoms with Crippen LogP contribution in [0.2, 0.25) is 0 Å². The number of aliphatic hydroxyl groups excluding tert-OH is 1. The van der Waals surface area contributed by atoms with E-state index in [9.17, 15) is 9.90 Å². The van der Waals surface area contributed by atoms with Crippen LogP contribution in [0.4, 0.5) is 5.69 Å². The second kappa shape index (κ2) is 7.31. The smallest absolute Gasteiger partial charge is 0.353 e. The molecule has 0 aliphatic rings. The number of carboxylic acids is 1. The van der Waals surface area contributed by atoms with Crippen LogP contribution in [0.3, 0.4) is 0 Å². The molecule has 0 aromatic heterocycles. The third-order valence-electron chi connectivity index (χ3n) is 2.04. The number of hydrogen-bond acceptors (Lipinski definition) is 5. The molecule has 0 aliphatic carbocycles. The average molecular weight is 252 g/mol. The van der Waals surface area contributed by atoms with E-state index in [1.165, 1.54) is 0 Å². The number of carboxylic acid groups (broad SMARTS) is 1. The summed E-state index contributed by atoms with van der Waals surface area (Å²) < 4.78 is 0. The molecule has 0 aliphatic heterocycles. The highest BCUT2D eigenvalue weighted by Gasteiger charge is 2.07. The van der Waals surface area contributed by atoms with Crippen LogP contribution in [0.25, 0.3) is 0 Å². The van der Waals surface area contributed by atoms with Crippen molar-refractivity contribution in [2.24, 2.45) is 0 Å². The lowest BCUT2D eigenvalue weighted by atomic mass is 10.3. The van der Waals surface area contributed by atoms with Gasteiger partial charge in [-0.25, -0.2) is 4.79 Å². The second-order valence-electron chi connectivity index (χ2n) is 3.60. The van der Waals surface area contributed by atoms with Gasteiger partial charge in [0.25, 0.3) is 0 Å². The maximum Gasteiger partial charge on any atom is 0.353 e. The molecule has 6 heteroatoms. The summed E-state index contributed by atoms with van der Waals surface area (Å²) in [6.45, 7) is 3.46. The molecular formula is C12H16N2O4. The number of hydrogen-bond donors (Lipinski definition) is 4. The molecule has 0 saturated carbocycles. The highest BCUT2D eigenvalue weighted by atomic mass is 16.7. The summed E-state index contributed by atoms with van der Waals surface area (Å²) in [5.74, 6) is -1.20. The molecule has 1 aromatic rings. The average Bonchev–Trinajstić information content (AvgIpc) is 2.37. The lowest BCUT2D eigenvalue weighted by molar-refractivity contribution is -0.135. The van der Waals surface area contributed by atoms with Gasteiger partial charge in [0.2, 0.25) is 0 Å². The zero-order valence-corrected chi connectivity index (χ0v) is 9.80. The van der Waals surface area contributed by atoms with Crippen molar-refractivity contribution in [2.45, 2.75) is 6.10 Å². The van der Waals surface area contributed by atoms with E-state index in [1.54, 1.807) is 0 Å². The number of hydroxylamine groups is 1. The highest BCUT2D eigenvalue weighted by molar-refractivity contribution is 5.84. The first-order valence-electron chi connectivity index (χ1n) is 5.36. The van der Waals surface area contributed by atoms with E-state index < -0.39 is 12.1 Å². The molecule has 6 nitrogen and oxygen atoms in total. The van der Waals surface area contributed by atoms with Crippen LogP contribution in [-0.4, -0.2) is 35.4 Å². The molecule has 0 saturated heterocycles. The van der Waals surface area contributed by atoms with Crippen LogP contribution in [0.15, 0.2) is 42.6 Å². The topological polar surface area (TPSA) is 90.8 Å². The summed E-state index contributed by atoms with van der Waals surface area (Å²) >= 11 is 0. The Morgan fingerprint density at radius 2 is 2.06 bits per heavy atom. The van der Waals surface area contributed by atoms with Crippen molar-refractivity contribution in [1.82, 2.24) is 5.48 Å².